The Morgan fingerprint density at radius 1 is 1.21 bits per heavy atom. The summed E-state index contributed by atoms with van der Waals surface area (Å²) in [5.41, 5.74) is -0.0468. The van der Waals surface area contributed by atoms with E-state index in [0.29, 0.717) is 36.4 Å². The van der Waals surface area contributed by atoms with Gasteiger partial charge in [0.15, 0.2) is 0 Å². The van der Waals surface area contributed by atoms with Crippen LogP contribution in [0.15, 0.2) is 45.9 Å². The van der Waals surface area contributed by atoms with E-state index in [9.17, 15) is 21.6 Å². The quantitative estimate of drug-likeness (QED) is 0.557. The molecule has 33 heavy (non-hydrogen) atoms. The summed E-state index contributed by atoms with van der Waals surface area (Å²) < 4.78 is 70.5. The summed E-state index contributed by atoms with van der Waals surface area (Å²) >= 11 is 0. The third kappa shape index (κ3) is 4.92. The topological polar surface area (TPSA) is 135 Å². The number of anilines is 1. The molecule has 2 fully saturated rings. The van der Waals surface area contributed by atoms with Gasteiger partial charge in [-0.1, -0.05) is 0 Å². The highest BCUT2D eigenvalue weighted by Gasteiger charge is 2.37. The fraction of sp³-hybridized carbons (Fsp3) is 0.450. The second kappa shape index (κ2) is 9.43. The minimum Gasteiger partial charge on any atom is -0.495 e. The third-order valence-corrected chi connectivity index (χ3v) is 8.71. The Labute approximate surface area is 192 Å². The van der Waals surface area contributed by atoms with Crippen LogP contribution in [0.25, 0.3) is 0 Å². The van der Waals surface area contributed by atoms with Crippen molar-refractivity contribution < 1.29 is 35.5 Å². The van der Waals surface area contributed by atoms with E-state index < -0.39 is 26.0 Å². The predicted octanol–water partition coefficient (Wildman–Crippen LogP) is 0.707. The number of furan rings is 1. The molecule has 0 spiro atoms. The van der Waals surface area contributed by atoms with E-state index in [0.717, 1.165) is 6.07 Å². The normalized spacial score (nSPS) is 20.2. The molecule has 2 saturated heterocycles. The highest BCUT2D eigenvalue weighted by molar-refractivity contribution is 7.94. The average molecular weight is 500 g/mol. The van der Waals surface area contributed by atoms with Crippen LogP contribution in [0.1, 0.15) is 18.2 Å². The van der Waals surface area contributed by atoms with E-state index in [1.807, 2.05) is 0 Å². The van der Waals surface area contributed by atoms with Crippen LogP contribution in [0.5, 0.6) is 5.75 Å². The van der Waals surface area contributed by atoms with E-state index in [-0.39, 0.29) is 41.1 Å². The first kappa shape index (κ1) is 23.7. The van der Waals surface area contributed by atoms with Crippen molar-refractivity contribution in [3.63, 3.8) is 0 Å². The molecule has 2 aromatic rings. The number of hydrogen-bond acceptors (Lipinski definition) is 9. The number of methoxy groups -OCH3 is 1. The number of sulfonamides is 2. The molecular formula is C20H25N3O8S2. The number of rotatable bonds is 8. The Balaban J connectivity index is 1.62. The van der Waals surface area contributed by atoms with Crippen molar-refractivity contribution in [1.82, 2.24) is 9.62 Å². The van der Waals surface area contributed by atoms with Crippen LogP contribution < -0.4 is 13.8 Å². The molecule has 1 aromatic heterocycles. The SMILES string of the molecule is COc1ccc(N2C(=O)CCS2(=O)=O)cc1S(=O)(=O)NC[C@H](c1ccco1)N1CCOCC1. The predicted molar refractivity (Wildman–Crippen MR) is 118 cm³/mol. The lowest BCUT2D eigenvalue weighted by Gasteiger charge is -2.33. The Morgan fingerprint density at radius 3 is 2.58 bits per heavy atom. The molecule has 180 valence electrons. The Morgan fingerprint density at radius 2 is 1.97 bits per heavy atom. The molecule has 1 atom stereocenters. The molecule has 0 aliphatic carbocycles. The summed E-state index contributed by atoms with van der Waals surface area (Å²) in [7, 11) is -6.68. The fourth-order valence-corrected chi connectivity index (χ4v) is 6.59. The number of morpholine rings is 1. The fourth-order valence-electron chi connectivity index (χ4n) is 3.92. The van der Waals surface area contributed by atoms with Gasteiger partial charge >= 0.3 is 0 Å². The van der Waals surface area contributed by atoms with Gasteiger partial charge in [-0.15, -0.1) is 0 Å². The zero-order valence-electron chi connectivity index (χ0n) is 18.0. The summed E-state index contributed by atoms with van der Waals surface area (Å²) in [6, 6.07) is 6.96. The Hall–Kier alpha value is -2.45. The van der Waals surface area contributed by atoms with Crippen molar-refractivity contribution in [3.8, 4) is 5.75 Å². The Bertz CT molecular complexity index is 1210. The maximum atomic E-state index is 13.3. The molecule has 1 aromatic carbocycles. The molecule has 1 amide bonds. The number of carbonyl (C=O) groups is 1. The molecule has 0 unspecified atom stereocenters. The largest absolute Gasteiger partial charge is 0.495 e. The monoisotopic (exact) mass is 499 g/mol. The standard InChI is InChI=1S/C20H25N3O8S2/c1-29-18-5-4-15(23-20(24)6-12-32(23,25)26)13-19(18)33(27,28)21-14-16(17-3-2-9-31-17)22-7-10-30-11-8-22/h2-5,9,13,16,21H,6-8,10-12,14H2,1H3/t16-/m1/s1. The van der Waals surface area contributed by atoms with Gasteiger partial charge < -0.3 is 13.9 Å². The molecule has 2 aliphatic heterocycles. The van der Waals surface area contributed by atoms with Crippen LogP contribution >= 0.6 is 0 Å². The van der Waals surface area contributed by atoms with Crippen LogP contribution in [0.4, 0.5) is 5.69 Å². The van der Waals surface area contributed by atoms with Gasteiger partial charge in [0.25, 0.3) is 0 Å². The van der Waals surface area contributed by atoms with Crippen molar-refractivity contribution in [2.45, 2.75) is 17.4 Å². The lowest BCUT2D eigenvalue weighted by molar-refractivity contribution is -0.116. The molecule has 3 heterocycles. The van der Waals surface area contributed by atoms with E-state index in [1.165, 1.54) is 25.5 Å². The number of nitrogens with one attached hydrogen (secondary N) is 1. The number of nitrogens with zero attached hydrogens (tertiary/aromatic N) is 2. The van der Waals surface area contributed by atoms with E-state index >= 15 is 0 Å². The zero-order valence-corrected chi connectivity index (χ0v) is 19.6. The number of ether oxygens (including phenoxy) is 2. The van der Waals surface area contributed by atoms with Gasteiger partial charge in [0, 0.05) is 26.1 Å². The van der Waals surface area contributed by atoms with Crippen LogP contribution in [-0.4, -0.2) is 73.4 Å². The molecule has 0 radical (unpaired) electrons. The van der Waals surface area contributed by atoms with Gasteiger partial charge in [0.05, 0.1) is 44.1 Å². The van der Waals surface area contributed by atoms with Gasteiger partial charge in [-0.2, -0.15) is 0 Å². The van der Waals surface area contributed by atoms with E-state index in [4.69, 9.17) is 13.9 Å². The zero-order chi connectivity index (χ0) is 23.6. The van der Waals surface area contributed by atoms with Crippen molar-refractivity contribution in [2.75, 3.05) is 50.0 Å². The number of carbonyl (C=O) groups excluding carboxylic acids is 1. The number of benzene rings is 1. The summed E-state index contributed by atoms with van der Waals surface area (Å²) in [6.07, 6.45) is 1.37. The second-order valence-electron chi connectivity index (χ2n) is 7.59. The lowest BCUT2D eigenvalue weighted by Crippen LogP contribution is -2.43. The second-order valence-corrected chi connectivity index (χ2v) is 11.3. The first-order valence-corrected chi connectivity index (χ1v) is 13.4. The van der Waals surface area contributed by atoms with Gasteiger partial charge in [0.2, 0.25) is 26.0 Å². The summed E-state index contributed by atoms with van der Waals surface area (Å²) in [5, 5.41) is 0. The summed E-state index contributed by atoms with van der Waals surface area (Å²) in [5.74, 6) is -0.297. The molecule has 0 saturated carbocycles. The van der Waals surface area contributed by atoms with Crippen molar-refractivity contribution in [3.05, 3.63) is 42.4 Å². The van der Waals surface area contributed by atoms with Gasteiger partial charge in [0.1, 0.15) is 16.4 Å². The molecule has 2 aliphatic rings. The molecular weight excluding hydrogens is 474 g/mol. The minimum absolute atomic E-state index is 0.00414. The maximum absolute atomic E-state index is 13.3. The summed E-state index contributed by atoms with van der Waals surface area (Å²) in [4.78, 5) is 13.9. The van der Waals surface area contributed by atoms with Crippen molar-refractivity contribution >= 4 is 31.6 Å². The maximum Gasteiger partial charge on any atom is 0.244 e. The summed E-state index contributed by atoms with van der Waals surface area (Å²) in [6.45, 7) is 2.28. The van der Waals surface area contributed by atoms with E-state index in [1.54, 1.807) is 12.1 Å². The van der Waals surface area contributed by atoms with Gasteiger partial charge in [-0.25, -0.2) is 25.9 Å². The molecule has 13 heteroatoms. The van der Waals surface area contributed by atoms with Crippen LogP contribution in [-0.2, 0) is 29.6 Å². The molecule has 11 nitrogen and oxygen atoms in total. The smallest absolute Gasteiger partial charge is 0.244 e. The lowest BCUT2D eigenvalue weighted by atomic mass is 10.2. The highest BCUT2D eigenvalue weighted by Crippen LogP contribution is 2.33. The van der Waals surface area contributed by atoms with E-state index in [2.05, 4.69) is 9.62 Å². The number of hydrogen-bond donors (Lipinski definition) is 1. The third-order valence-electron chi connectivity index (χ3n) is 5.57. The Kier molecular flexibility index (Phi) is 6.77. The average Bonchev–Trinajstić information content (AvgIpc) is 3.42. The first-order chi connectivity index (χ1) is 15.7. The van der Waals surface area contributed by atoms with Gasteiger partial charge in [-0.3, -0.25) is 9.69 Å². The number of amides is 1. The van der Waals surface area contributed by atoms with Gasteiger partial charge in [-0.05, 0) is 30.3 Å². The highest BCUT2D eigenvalue weighted by atomic mass is 32.2. The minimum atomic E-state index is -4.14. The van der Waals surface area contributed by atoms with Crippen molar-refractivity contribution in [1.29, 1.82) is 0 Å². The van der Waals surface area contributed by atoms with Crippen LogP contribution in [0.3, 0.4) is 0 Å². The molecule has 0 bridgehead atoms. The molecule has 1 N–H and O–H groups in total. The first-order valence-electron chi connectivity index (χ1n) is 10.3. The van der Waals surface area contributed by atoms with Crippen molar-refractivity contribution in [2.24, 2.45) is 0 Å². The molecule has 4 rings (SSSR count). The van der Waals surface area contributed by atoms with Crippen LogP contribution in [0.2, 0.25) is 0 Å². The van der Waals surface area contributed by atoms with Crippen LogP contribution in [0, 0.1) is 0 Å².